The number of hydrogen-bond acceptors (Lipinski definition) is 3. The molecular weight excluding hydrogens is 252 g/mol. The third kappa shape index (κ3) is 4.64. The average molecular weight is 271 g/mol. The molecule has 1 aliphatic carbocycles. The van der Waals surface area contributed by atoms with Gasteiger partial charge in [0.15, 0.2) is 0 Å². The molecule has 0 unspecified atom stereocenters. The van der Waals surface area contributed by atoms with Gasteiger partial charge in [0.25, 0.3) is 0 Å². The van der Waals surface area contributed by atoms with Crippen molar-refractivity contribution >= 4 is 18.3 Å². The third-order valence-corrected chi connectivity index (χ3v) is 2.85. The minimum atomic E-state index is -0.315. The second-order valence-electron chi connectivity index (χ2n) is 4.37. The number of halogens is 1. The fourth-order valence-corrected chi connectivity index (χ4v) is 1.69. The van der Waals surface area contributed by atoms with Crippen LogP contribution in [0.15, 0.2) is 30.3 Å². The maximum atomic E-state index is 11.6. The standard InChI is InChI=1S/C13H18N2O2.ClH/c16-9-12(10-4-2-1-3-5-10)15-13(17)8-14-11-6-7-11;/h1-5,11-12,14,16H,6-9H2,(H,15,17);1H/t12-;/m1./s1. The zero-order valence-electron chi connectivity index (χ0n) is 10.1. The lowest BCUT2D eigenvalue weighted by atomic mass is 10.1. The largest absolute Gasteiger partial charge is 0.394 e. The Bertz CT molecular complexity index is 369. The van der Waals surface area contributed by atoms with Crippen LogP contribution >= 0.6 is 12.4 Å². The van der Waals surface area contributed by atoms with E-state index in [4.69, 9.17) is 0 Å². The highest BCUT2D eigenvalue weighted by Gasteiger charge is 2.21. The second kappa shape index (κ2) is 7.36. The summed E-state index contributed by atoms with van der Waals surface area (Å²) in [5.41, 5.74) is 0.926. The van der Waals surface area contributed by atoms with Gasteiger partial charge in [0.2, 0.25) is 5.91 Å². The van der Waals surface area contributed by atoms with Crippen molar-refractivity contribution in [3.8, 4) is 0 Å². The summed E-state index contributed by atoms with van der Waals surface area (Å²) in [5.74, 6) is -0.0696. The number of benzene rings is 1. The number of rotatable bonds is 6. The molecule has 5 heteroatoms. The fourth-order valence-electron chi connectivity index (χ4n) is 1.69. The van der Waals surface area contributed by atoms with Crippen LogP contribution in [0.5, 0.6) is 0 Å². The third-order valence-electron chi connectivity index (χ3n) is 2.85. The maximum Gasteiger partial charge on any atom is 0.234 e. The Morgan fingerprint density at radius 2 is 2.00 bits per heavy atom. The SMILES string of the molecule is Cl.O=C(CNC1CC1)N[C@H](CO)c1ccccc1. The van der Waals surface area contributed by atoms with Gasteiger partial charge in [0.1, 0.15) is 0 Å². The van der Waals surface area contributed by atoms with Crippen LogP contribution in [-0.2, 0) is 4.79 Å². The smallest absolute Gasteiger partial charge is 0.234 e. The summed E-state index contributed by atoms with van der Waals surface area (Å²) in [6.07, 6.45) is 2.32. The second-order valence-corrected chi connectivity index (χ2v) is 4.37. The molecule has 0 aromatic heterocycles. The summed E-state index contributed by atoms with van der Waals surface area (Å²) >= 11 is 0. The van der Waals surface area contributed by atoms with Gasteiger partial charge in [-0.3, -0.25) is 4.79 Å². The molecule has 0 aliphatic heterocycles. The van der Waals surface area contributed by atoms with Crippen molar-refractivity contribution in [3.05, 3.63) is 35.9 Å². The molecule has 18 heavy (non-hydrogen) atoms. The van der Waals surface area contributed by atoms with Crippen molar-refractivity contribution in [1.29, 1.82) is 0 Å². The van der Waals surface area contributed by atoms with Gasteiger partial charge in [0, 0.05) is 6.04 Å². The van der Waals surface area contributed by atoms with E-state index < -0.39 is 0 Å². The van der Waals surface area contributed by atoms with E-state index in [0.29, 0.717) is 12.6 Å². The Morgan fingerprint density at radius 3 is 2.56 bits per heavy atom. The molecule has 0 spiro atoms. The van der Waals surface area contributed by atoms with Crippen LogP contribution in [-0.4, -0.2) is 30.2 Å². The van der Waals surface area contributed by atoms with Crippen LogP contribution in [0.3, 0.4) is 0 Å². The number of hydrogen-bond donors (Lipinski definition) is 3. The first kappa shape index (κ1) is 15.0. The van der Waals surface area contributed by atoms with Gasteiger partial charge in [0.05, 0.1) is 19.2 Å². The Labute approximate surface area is 113 Å². The molecule has 1 atom stereocenters. The Hall–Kier alpha value is -1.10. The molecule has 1 saturated carbocycles. The number of amides is 1. The van der Waals surface area contributed by atoms with Crippen molar-refractivity contribution in [2.75, 3.05) is 13.2 Å². The van der Waals surface area contributed by atoms with E-state index in [0.717, 1.165) is 18.4 Å². The summed E-state index contributed by atoms with van der Waals surface area (Å²) in [6.45, 7) is 0.243. The van der Waals surface area contributed by atoms with Crippen LogP contribution < -0.4 is 10.6 Å². The first-order chi connectivity index (χ1) is 8.29. The van der Waals surface area contributed by atoms with Gasteiger partial charge >= 0.3 is 0 Å². The highest BCUT2D eigenvalue weighted by atomic mass is 35.5. The Balaban J connectivity index is 0.00000162. The highest BCUT2D eigenvalue weighted by molar-refractivity contribution is 5.85. The summed E-state index contributed by atoms with van der Waals surface area (Å²) in [7, 11) is 0. The number of carbonyl (C=O) groups excluding carboxylic acids is 1. The zero-order valence-corrected chi connectivity index (χ0v) is 11.0. The van der Waals surface area contributed by atoms with Crippen molar-refractivity contribution in [2.24, 2.45) is 0 Å². The van der Waals surface area contributed by atoms with Gasteiger partial charge in [-0.2, -0.15) is 0 Å². The molecular formula is C13H19ClN2O2. The Kier molecular flexibility index (Phi) is 6.12. The van der Waals surface area contributed by atoms with Crippen molar-refractivity contribution in [3.63, 3.8) is 0 Å². The molecule has 0 radical (unpaired) electrons. The molecule has 4 nitrogen and oxygen atoms in total. The van der Waals surface area contributed by atoms with Gasteiger partial charge in [-0.05, 0) is 18.4 Å². The van der Waals surface area contributed by atoms with E-state index in [-0.39, 0.29) is 31.0 Å². The first-order valence-corrected chi connectivity index (χ1v) is 5.98. The predicted octanol–water partition coefficient (Wildman–Crippen LogP) is 1.01. The van der Waals surface area contributed by atoms with E-state index in [1.807, 2.05) is 30.3 Å². The molecule has 3 N–H and O–H groups in total. The van der Waals surface area contributed by atoms with Gasteiger partial charge in [-0.1, -0.05) is 30.3 Å². The van der Waals surface area contributed by atoms with E-state index in [1.54, 1.807) is 0 Å². The molecule has 100 valence electrons. The normalized spacial score (nSPS) is 15.6. The van der Waals surface area contributed by atoms with Crippen LogP contribution in [0.4, 0.5) is 0 Å². The molecule has 1 aromatic rings. The molecule has 0 saturated heterocycles. The van der Waals surface area contributed by atoms with E-state index in [2.05, 4.69) is 10.6 Å². The Morgan fingerprint density at radius 1 is 1.33 bits per heavy atom. The summed E-state index contributed by atoms with van der Waals surface area (Å²) < 4.78 is 0. The van der Waals surface area contributed by atoms with Gasteiger partial charge < -0.3 is 15.7 Å². The lowest BCUT2D eigenvalue weighted by molar-refractivity contribution is -0.121. The van der Waals surface area contributed by atoms with E-state index in [9.17, 15) is 9.90 Å². The average Bonchev–Trinajstić information content (AvgIpc) is 3.18. The predicted molar refractivity (Wildman–Crippen MR) is 72.7 cm³/mol. The summed E-state index contributed by atoms with van der Waals surface area (Å²) in [5, 5.41) is 15.2. The lowest BCUT2D eigenvalue weighted by Crippen LogP contribution is -2.38. The molecule has 2 rings (SSSR count). The number of aliphatic hydroxyl groups is 1. The number of aliphatic hydroxyl groups excluding tert-OH is 1. The minimum Gasteiger partial charge on any atom is -0.394 e. The van der Waals surface area contributed by atoms with Gasteiger partial charge in [-0.25, -0.2) is 0 Å². The fraction of sp³-hybridized carbons (Fsp3) is 0.462. The maximum absolute atomic E-state index is 11.6. The topological polar surface area (TPSA) is 61.4 Å². The highest BCUT2D eigenvalue weighted by Crippen LogP contribution is 2.18. The lowest BCUT2D eigenvalue weighted by Gasteiger charge is -2.16. The van der Waals surface area contributed by atoms with Crippen LogP contribution in [0.2, 0.25) is 0 Å². The van der Waals surface area contributed by atoms with Crippen LogP contribution in [0.1, 0.15) is 24.4 Å². The molecule has 0 heterocycles. The van der Waals surface area contributed by atoms with Crippen molar-refractivity contribution < 1.29 is 9.90 Å². The van der Waals surface area contributed by atoms with E-state index in [1.165, 1.54) is 0 Å². The molecule has 1 aromatic carbocycles. The molecule has 1 fully saturated rings. The van der Waals surface area contributed by atoms with Crippen LogP contribution in [0.25, 0.3) is 0 Å². The van der Waals surface area contributed by atoms with Crippen molar-refractivity contribution in [1.82, 2.24) is 10.6 Å². The van der Waals surface area contributed by atoms with Crippen molar-refractivity contribution in [2.45, 2.75) is 24.9 Å². The summed E-state index contributed by atoms with van der Waals surface area (Å²) in [6, 6.07) is 9.70. The molecule has 1 aliphatic rings. The number of carbonyl (C=O) groups is 1. The number of nitrogens with one attached hydrogen (secondary N) is 2. The quantitative estimate of drug-likeness (QED) is 0.723. The monoisotopic (exact) mass is 270 g/mol. The first-order valence-electron chi connectivity index (χ1n) is 5.98. The van der Waals surface area contributed by atoms with Crippen LogP contribution in [0, 0.1) is 0 Å². The molecule has 0 bridgehead atoms. The van der Waals surface area contributed by atoms with Gasteiger partial charge in [-0.15, -0.1) is 12.4 Å². The van der Waals surface area contributed by atoms with E-state index >= 15 is 0 Å². The molecule has 1 amide bonds. The summed E-state index contributed by atoms with van der Waals surface area (Å²) in [4.78, 5) is 11.6. The zero-order chi connectivity index (χ0) is 12.1. The minimum absolute atomic E-state index is 0.